The SMILES string of the molecule is CCN(CC)CC1OCCc2ccccc21.Cl. The van der Waals surface area contributed by atoms with Gasteiger partial charge in [0.2, 0.25) is 0 Å². The smallest absolute Gasteiger partial charge is 0.0954 e. The molecule has 2 nitrogen and oxygen atoms in total. The summed E-state index contributed by atoms with van der Waals surface area (Å²) in [6, 6.07) is 8.68. The number of halogens is 1. The second-order valence-electron chi connectivity index (χ2n) is 4.29. The van der Waals surface area contributed by atoms with Crippen LogP contribution in [0.2, 0.25) is 0 Å². The first-order chi connectivity index (χ1) is 7.85. The molecule has 3 heteroatoms. The summed E-state index contributed by atoms with van der Waals surface area (Å²) in [5, 5.41) is 0. The lowest BCUT2D eigenvalue weighted by Crippen LogP contribution is -2.31. The maximum Gasteiger partial charge on any atom is 0.0954 e. The third-order valence-corrected chi connectivity index (χ3v) is 3.41. The molecule has 0 saturated carbocycles. The van der Waals surface area contributed by atoms with E-state index < -0.39 is 0 Å². The maximum absolute atomic E-state index is 5.90. The van der Waals surface area contributed by atoms with Gasteiger partial charge in [-0.1, -0.05) is 38.1 Å². The Morgan fingerprint density at radius 1 is 1.24 bits per heavy atom. The van der Waals surface area contributed by atoms with Crippen molar-refractivity contribution in [2.24, 2.45) is 0 Å². The average molecular weight is 256 g/mol. The van der Waals surface area contributed by atoms with Gasteiger partial charge in [-0.05, 0) is 30.6 Å². The Morgan fingerprint density at radius 2 is 1.94 bits per heavy atom. The summed E-state index contributed by atoms with van der Waals surface area (Å²) in [6.45, 7) is 8.49. The molecule has 1 aliphatic heterocycles. The molecule has 0 bridgehead atoms. The molecule has 0 spiro atoms. The Balaban J connectivity index is 0.00000144. The van der Waals surface area contributed by atoms with Crippen LogP contribution in [0.4, 0.5) is 0 Å². The van der Waals surface area contributed by atoms with Gasteiger partial charge in [0.25, 0.3) is 0 Å². The zero-order valence-electron chi connectivity index (χ0n) is 10.7. The Bertz CT molecular complexity index is 339. The molecule has 1 atom stereocenters. The molecule has 1 aromatic rings. The highest BCUT2D eigenvalue weighted by molar-refractivity contribution is 5.85. The second kappa shape index (κ2) is 7.00. The van der Waals surface area contributed by atoms with Crippen molar-refractivity contribution in [3.63, 3.8) is 0 Å². The summed E-state index contributed by atoms with van der Waals surface area (Å²) in [6.07, 6.45) is 1.33. The van der Waals surface area contributed by atoms with Crippen molar-refractivity contribution in [2.45, 2.75) is 26.4 Å². The number of likely N-dealkylation sites (N-methyl/N-ethyl adjacent to an activating group) is 1. The fourth-order valence-corrected chi connectivity index (χ4v) is 2.34. The maximum atomic E-state index is 5.90. The number of benzene rings is 1. The molecule has 1 aromatic carbocycles. The zero-order valence-corrected chi connectivity index (χ0v) is 11.5. The first-order valence-electron chi connectivity index (χ1n) is 6.27. The monoisotopic (exact) mass is 255 g/mol. The van der Waals surface area contributed by atoms with Crippen molar-refractivity contribution >= 4 is 12.4 Å². The molecule has 96 valence electrons. The first kappa shape index (κ1) is 14.5. The lowest BCUT2D eigenvalue weighted by Gasteiger charge is -2.30. The standard InChI is InChI=1S/C14H21NO.ClH/c1-3-15(4-2)11-14-13-8-6-5-7-12(13)9-10-16-14;/h5-8,14H,3-4,9-11H2,1-2H3;1H. The molecular formula is C14H22ClNO. The Kier molecular flexibility index (Phi) is 5.96. The normalized spacial score (nSPS) is 18.6. The van der Waals surface area contributed by atoms with E-state index in [9.17, 15) is 0 Å². The van der Waals surface area contributed by atoms with E-state index in [0.717, 1.165) is 32.7 Å². The highest BCUT2D eigenvalue weighted by atomic mass is 35.5. The molecule has 0 N–H and O–H groups in total. The van der Waals surface area contributed by atoms with Gasteiger partial charge in [0.1, 0.15) is 0 Å². The Labute approximate surface area is 110 Å². The van der Waals surface area contributed by atoms with E-state index >= 15 is 0 Å². The minimum atomic E-state index is 0. The molecule has 0 aliphatic carbocycles. The van der Waals surface area contributed by atoms with Gasteiger partial charge in [-0.25, -0.2) is 0 Å². The predicted octanol–water partition coefficient (Wildman–Crippen LogP) is 3.06. The summed E-state index contributed by atoms with van der Waals surface area (Å²) >= 11 is 0. The third-order valence-electron chi connectivity index (χ3n) is 3.41. The van der Waals surface area contributed by atoms with Crippen LogP contribution in [0.5, 0.6) is 0 Å². The lowest BCUT2D eigenvalue weighted by molar-refractivity contribution is 0.0180. The summed E-state index contributed by atoms with van der Waals surface area (Å²) in [5.74, 6) is 0. The molecule has 1 aliphatic rings. The molecule has 1 unspecified atom stereocenters. The zero-order chi connectivity index (χ0) is 11.4. The summed E-state index contributed by atoms with van der Waals surface area (Å²) in [5.41, 5.74) is 2.85. The van der Waals surface area contributed by atoms with Crippen LogP contribution >= 0.6 is 12.4 Å². The molecule has 1 heterocycles. The van der Waals surface area contributed by atoms with Crippen LogP contribution in [-0.2, 0) is 11.2 Å². The summed E-state index contributed by atoms with van der Waals surface area (Å²) in [4.78, 5) is 2.42. The van der Waals surface area contributed by atoms with Crippen molar-refractivity contribution in [1.82, 2.24) is 4.90 Å². The molecule has 0 aromatic heterocycles. The minimum Gasteiger partial charge on any atom is -0.372 e. The highest BCUT2D eigenvalue weighted by Gasteiger charge is 2.21. The van der Waals surface area contributed by atoms with Gasteiger partial charge in [0.15, 0.2) is 0 Å². The van der Waals surface area contributed by atoms with E-state index in [4.69, 9.17) is 4.74 Å². The van der Waals surface area contributed by atoms with Crippen molar-refractivity contribution < 1.29 is 4.74 Å². The van der Waals surface area contributed by atoms with Gasteiger partial charge in [-0.15, -0.1) is 12.4 Å². The largest absolute Gasteiger partial charge is 0.372 e. The van der Waals surface area contributed by atoms with Gasteiger partial charge >= 0.3 is 0 Å². The fourth-order valence-electron chi connectivity index (χ4n) is 2.34. The van der Waals surface area contributed by atoms with Gasteiger partial charge in [0.05, 0.1) is 12.7 Å². The molecule has 0 fully saturated rings. The van der Waals surface area contributed by atoms with E-state index in [-0.39, 0.29) is 18.5 Å². The number of hydrogen-bond donors (Lipinski definition) is 0. The van der Waals surface area contributed by atoms with Crippen LogP contribution in [0.1, 0.15) is 31.1 Å². The van der Waals surface area contributed by atoms with Gasteiger partial charge in [0, 0.05) is 6.54 Å². The van der Waals surface area contributed by atoms with Crippen LogP contribution in [0.15, 0.2) is 24.3 Å². The van der Waals surface area contributed by atoms with E-state index in [2.05, 4.69) is 43.0 Å². The minimum absolute atomic E-state index is 0. The van der Waals surface area contributed by atoms with Crippen molar-refractivity contribution in [1.29, 1.82) is 0 Å². The first-order valence-corrected chi connectivity index (χ1v) is 6.27. The van der Waals surface area contributed by atoms with Gasteiger partial charge in [-0.2, -0.15) is 0 Å². The lowest BCUT2D eigenvalue weighted by atomic mass is 9.97. The molecule has 17 heavy (non-hydrogen) atoms. The Morgan fingerprint density at radius 3 is 2.65 bits per heavy atom. The van der Waals surface area contributed by atoms with E-state index in [1.807, 2.05) is 0 Å². The second-order valence-corrected chi connectivity index (χ2v) is 4.29. The number of hydrogen-bond acceptors (Lipinski definition) is 2. The fraction of sp³-hybridized carbons (Fsp3) is 0.571. The molecule has 2 rings (SSSR count). The predicted molar refractivity (Wildman–Crippen MR) is 73.9 cm³/mol. The Hall–Kier alpha value is -0.570. The average Bonchev–Trinajstić information content (AvgIpc) is 2.36. The molecular weight excluding hydrogens is 234 g/mol. The van der Waals surface area contributed by atoms with Crippen LogP contribution in [0.25, 0.3) is 0 Å². The van der Waals surface area contributed by atoms with E-state index in [1.165, 1.54) is 11.1 Å². The van der Waals surface area contributed by atoms with Crippen molar-refractivity contribution in [3.8, 4) is 0 Å². The molecule has 0 saturated heterocycles. The number of ether oxygens (including phenoxy) is 1. The highest BCUT2D eigenvalue weighted by Crippen LogP contribution is 2.27. The number of fused-ring (bicyclic) bond motifs is 1. The number of nitrogens with zero attached hydrogens (tertiary/aromatic N) is 1. The molecule has 0 amide bonds. The van der Waals surface area contributed by atoms with Gasteiger partial charge in [-0.3, -0.25) is 0 Å². The van der Waals surface area contributed by atoms with Crippen LogP contribution in [0.3, 0.4) is 0 Å². The summed E-state index contributed by atoms with van der Waals surface area (Å²) in [7, 11) is 0. The quantitative estimate of drug-likeness (QED) is 0.820. The summed E-state index contributed by atoms with van der Waals surface area (Å²) < 4.78 is 5.90. The van der Waals surface area contributed by atoms with E-state index in [1.54, 1.807) is 0 Å². The molecule has 0 radical (unpaired) electrons. The third kappa shape index (κ3) is 3.44. The van der Waals surface area contributed by atoms with Crippen LogP contribution in [0, 0.1) is 0 Å². The van der Waals surface area contributed by atoms with Crippen molar-refractivity contribution in [2.75, 3.05) is 26.2 Å². The van der Waals surface area contributed by atoms with Crippen LogP contribution < -0.4 is 0 Å². The topological polar surface area (TPSA) is 12.5 Å². The van der Waals surface area contributed by atoms with E-state index in [0.29, 0.717) is 0 Å². The van der Waals surface area contributed by atoms with Crippen LogP contribution in [-0.4, -0.2) is 31.1 Å². The van der Waals surface area contributed by atoms with Gasteiger partial charge < -0.3 is 9.64 Å². The van der Waals surface area contributed by atoms with Crippen molar-refractivity contribution in [3.05, 3.63) is 35.4 Å². The number of rotatable bonds is 4.